The minimum absolute atomic E-state index is 0.217. The predicted octanol–water partition coefficient (Wildman–Crippen LogP) is 5.95. The number of aromatic nitrogens is 1. The number of hydrogen-bond acceptors (Lipinski definition) is 4. The van der Waals surface area contributed by atoms with Gasteiger partial charge in [-0.1, -0.05) is 55.5 Å². The second kappa shape index (κ2) is 10.8. The fourth-order valence-corrected chi connectivity index (χ4v) is 5.96. The molecule has 5 rings (SSSR count). The van der Waals surface area contributed by atoms with Crippen LogP contribution in [0.4, 0.5) is 0 Å². The van der Waals surface area contributed by atoms with Crippen LogP contribution >= 0.6 is 0 Å². The maximum Gasteiger partial charge on any atom is 0.255 e. The highest BCUT2D eigenvalue weighted by molar-refractivity contribution is 7.76. The number of carbonyl (C=O) groups excluding carboxylic acids is 1. The van der Waals surface area contributed by atoms with Gasteiger partial charge in [0.2, 0.25) is 17.0 Å². The number of pyridine rings is 1. The Morgan fingerprint density at radius 2 is 1.92 bits per heavy atom. The summed E-state index contributed by atoms with van der Waals surface area (Å²) in [5.41, 5.74) is 4.63. The minimum Gasteiger partial charge on any atom is -0.437 e. The number of carbonyl (C=O) groups is 1. The van der Waals surface area contributed by atoms with Crippen molar-refractivity contribution in [3.05, 3.63) is 52.7 Å². The number of aryl methyl sites for hydroxylation is 1. The molecule has 1 amide bonds. The van der Waals surface area contributed by atoms with Crippen molar-refractivity contribution in [3.63, 3.8) is 0 Å². The van der Waals surface area contributed by atoms with Crippen molar-refractivity contribution in [2.75, 3.05) is 13.6 Å². The molecule has 2 aliphatic carbocycles. The van der Waals surface area contributed by atoms with Gasteiger partial charge in [-0.15, -0.1) is 0 Å². The van der Waals surface area contributed by atoms with Crippen molar-refractivity contribution in [2.24, 2.45) is 5.92 Å². The lowest BCUT2D eigenvalue weighted by Gasteiger charge is -2.20. The summed E-state index contributed by atoms with van der Waals surface area (Å²) in [6.45, 7) is 2.85. The van der Waals surface area contributed by atoms with Crippen LogP contribution in [0.15, 0.2) is 34.7 Å². The van der Waals surface area contributed by atoms with E-state index in [0.717, 1.165) is 54.0 Å². The molecule has 2 fully saturated rings. The quantitative estimate of drug-likeness (QED) is 0.329. The van der Waals surface area contributed by atoms with Crippen LogP contribution in [-0.2, 0) is 17.8 Å². The number of furan rings is 1. The zero-order valence-corrected chi connectivity index (χ0v) is 21.9. The Balaban J connectivity index is 1.49. The van der Waals surface area contributed by atoms with E-state index in [2.05, 4.69) is 5.32 Å². The summed E-state index contributed by atoms with van der Waals surface area (Å²) in [5.74, 6) is 1.39. The van der Waals surface area contributed by atoms with Crippen LogP contribution in [0.3, 0.4) is 0 Å². The van der Waals surface area contributed by atoms with E-state index in [0.29, 0.717) is 34.9 Å². The van der Waals surface area contributed by atoms with Crippen molar-refractivity contribution in [3.8, 4) is 11.3 Å². The first kappa shape index (κ1) is 25.1. The number of nitrogens with zero attached hydrogens (tertiary/aromatic N) is 2. The fraction of sp³-hybridized carbons (Fsp3) is 0.500. The Bertz CT molecular complexity index is 1260. The van der Waals surface area contributed by atoms with E-state index >= 15 is 0 Å². The summed E-state index contributed by atoms with van der Waals surface area (Å²) in [6.07, 6.45) is 9.29. The van der Waals surface area contributed by atoms with Crippen LogP contribution in [0.5, 0.6) is 0 Å². The van der Waals surface area contributed by atoms with Gasteiger partial charge in [0.05, 0.1) is 23.2 Å². The second-order valence-electron chi connectivity index (χ2n) is 10.3. The van der Waals surface area contributed by atoms with Gasteiger partial charge in [0.15, 0.2) is 0 Å². The van der Waals surface area contributed by atoms with E-state index in [1.807, 2.05) is 37.3 Å². The summed E-state index contributed by atoms with van der Waals surface area (Å²) in [7, 11) is 1.61. The SMILES string of the molecule is CNC(=O)c1c(-c2ccc(C)cc2)oc2nc(CN(CCCC3CCCC3)S(=O)O)c(C3CC3)cc12. The van der Waals surface area contributed by atoms with E-state index < -0.39 is 11.3 Å². The van der Waals surface area contributed by atoms with E-state index in [9.17, 15) is 13.6 Å². The molecule has 0 saturated heterocycles. The topological polar surface area (TPSA) is 95.7 Å². The molecule has 2 N–H and O–H groups in total. The van der Waals surface area contributed by atoms with E-state index in [-0.39, 0.29) is 12.5 Å². The second-order valence-corrected chi connectivity index (χ2v) is 11.3. The average Bonchev–Trinajstić information content (AvgIpc) is 3.45. The molecule has 2 heterocycles. The largest absolute Gasteiger partial charge is 0.437 e. The average molecular weight is 510 g/mol. The van der Waals surface area contributed by atoms with Crippen LogP contribution < -0.4 is 5.32 Å². The molecule has 0 aliphatic heterocycles. The van der Waals surface area contributed by atoms with Gasteiger partial charge in [-0.25, -0.2) is 9.19 Å². The Morgan fingerprint density at radius 3 is 2.56 bits per heavy atom. The molecular weight excluding hydrogens is 474 g/mol. The molecule has 1 unspecified atom stereocenters. The number of nitrogens with one attached hydrogen (secondary N) is 1. The monoisotopic (exact) mass is 509 g/mol. The van der Waals surface area contributed by atoms with Crippen molar-refractivity contribution in [1.82, 2.24) is 14.6 Å². The van der Waals surface area contributed by atoms with Crippen LogP contribution in [0.1, 0.15) is 84.5 Å². The maximum atomic E-state index is 12.9. The van der Waals surface area contributed by atoms with Gasteiger partial charge in [-0.3, -0.25) is 9.35 Å². The van der Waals surface area contributed by atoms with Gasteiger partial charge < -0.3 is 9.73 Å². The van der Waals surface area contributed by atoms with Crippen LogP contribution in [0, 0.1) is 12.8 Å². The molecule has 1 atom stereocenters. The summed E-state index contributed by atoms with van der Waals surface area (Å²) in [5, 5.41) is 3.43. The molecule has 2 aromatic heterocycles. The first-order valence-corrected chi connectivity index (χ1v) is 14.1. The first-order valence-electron chi connectivity index (χ1n) is 13.1. The Labute approximate surface area is 215 Å². The van der Waals surface area contributed by atoms with Crippen LogP contribution in [0.2, 0.25) is 0 Å². The zero-order chi connectivity index (χ0) is 25.2. The lowest BCUT2D eigenvalue weighted by atomic mass is 10.0. The summed E-state index contributed by atoms with van der Waals surface area (Å²) in [6, 6.07) is 9.90. The van der Waals surface area contributed by atoms with Gasteiger partial charge in [0, 0.05) is 19.2 Å². The number of rotatable bonds is 10. The molecular formula is C28H35N3O4S. The smallest absolute Gasteiger partial charge is 0.255 e. The Morgan fingerprint density at radius 1 is 1.19 bits per heavy atom. The molecule has 3 aromatic rings. The molecule has 0 spiro atoms. The lowest BCUT2D eigenvalue weighted by molar-refractivity contribution is 0.0964. The number of benzene rings is 1. The normalized spacial score (nSPS) is 17.2. The highest BCUT2D eigenvalue weighted by Gasteiger charge is 2.31. The van der Waals surface area contributed by atoms with Gasteiger partial charge in [0.25, 0.3) is 5.91 Å². The van der Waals surface area contributed by atoms with E-state index in [1.165, 1.54) is 25.7 Å². The first-order chi connectivity index (χ1) is 17.4. The van der Waals surface area contributed by atoms with Crippen molar-refractivity contribution >= 4 is 28.3 Å². The molecule has 8 heteroatoms. The van der Waals surface area contributed by atoms with Crippen molar-refractivity contribution in [1.29, 1.82) is 0 Å². The molecule has 7 nitrogen and oxygen atoms in total. The Kier molecular flexibility index (Phi) is 7.55. The fourth-order valence-electron chi connectivity index (χ4n) is 5.44. The Hall–Kier alpha value is -2.55. The van der Waals surface area contributed by atoms with Gasteiger partial charge >= 0.3 is 0 Å². The molecule has 0 bridgehead atoms. The van der Waals surface area contributed by atoms with Gasteiger partial charge in [-0.05, 0) is 56.1 Å². The standard InChI is InChI=1S/C28H35N3O4S/c1-18-9-11-21(12-10-18)26-25(27(32)29-2)23-16-22(20-13-14-20)24(30-28(23)35-26)17-31(36(33)34)15-5-8-19-6-3-4-7-19/h9-12,16,19-20H,3-8,13-15,17H2,1-2H3,(H,29,32)(H,33,34). The lowest BCUT2D eigenvalue weighted by Crippen LogP contribution is -2.27. The molecule has 192 valence electrons. The third kappa shape index (κ3) is 5.41. The summed E-state index contributed by atoms with van der Waals surface area (Å²) >= 11 is -2.08. The minimum atomic E-state index is -2.08. The van der Waals surface area contributed by atoms with Crippen molar-refractivity contribution in [2.45, 2.75) is 70.8 Å². The molecule has 0 radical (unpaired) electrons. The highest BCUT2D eigenvalue weighted by Crippen LogP contribution is 2.44. The molecule has 36 heavy (non-hydrogen) atoms. The van der Waals surface area contributed by atoms with Gasteiger partial charge in [-0.2, -0.15) is 4.31 Å². The van der Waals surface area contributed by atoms with Crippen molar-refractivity contribution < 1.29 is 18.0 Å². The maximum absolute atomic E-state index is 12.9. The number of amides is 1. The highest BCUT2D eigenvalue weighted by atomic mass is 32.2. The van der Waals surface area contributed by atoms with Crippen LogP contribution in [-0.4, -0.2) is 37.6 Å². The third-order valence-electron chi connectivity index (χ3n) is 7.62. The summed E-state index contributed by atoms with van der Waals surface area (Å²) in [4.78, 5) is 17.8. The zero-order valence-electron chi connectivity index (χ0n) is 21.1. The van der Waals surface area contributed by atoms with Crippen LogP contribution in [0.25, 0.3) is 22.4 Å². The van der Waals surface area contributed by atoms with E-state index in [4.69, 9.17) is 9.40 Å². The number of fused-ring (bicyclic) bond motifs is 1. The molecule has 2 aliphatic rings. The molecule has 2 saturated carbocycles. The van der Waals surface area contributed by atoms with E-state index in [1.54, 1.807) is 11.4 Å². The number of hydrogen-bond donors (Lipinski definition) is 2. The third-order valence-corrected chi connectivity index (χ3v) is 8.38. The summed E-state index contributed by atoms with van der Waals surface area (Å²) < 4.78 is 30.1. The van der Waals surface area contributed by atoms with Gasteiger partial charge in [0.1, 0.15) is 5.76 Å². The molecule has 1 aromatic carbocycles. The predicted molar refractivity (Wildman–Crippen MR) is 142 cm³/mol.